The Hall–Kier alpha value is -1.40. The molecule has 5 nitrogen and oxygen atoms in total. The van der Waals surface area contributed by atoms with Crippen molar-refractivity contribution in [3.63, 3.8) is 0 Å². The van der Waals surface area contributed by atoms with Gasteiger partial charge < -0.3 is 5.11 Å². The summed E-state index contributed by atoms with van der Waals surface area (Å²) in [6.45, 7) is 1.96. The number of carboxylic acid groups (broad SMARTS) is 1. The fraction of sp³-hybridized carbons (Fsp3) is 0.533. The van der Waals surface area contributed by atoms with Crippen LogP contribution in [0.1, 0.15) is 38.2 Å². The van der Waals surface area contributed by atoms with E-state index >= 15 is 0 Å². The summed E-state index contributed by atoms with van der Waals surface area (Å²) in [5.74, 6) is -1.07. The molecule has 0 spiro atoms. The fourth-order valence-electron chi connectivity index (χ4n) is 3.01. The Morgan fingerprint density at radius 3 is 2.62 bits per heavy atom. The summed E-state index contributed by atoms with van der Waals surface area (Å²) in [5.41, 5.74) is -0.708. The minimum absolute atomic E-state index is 0.197. The lowest BCUT2D eigenvalue weighted by molar-refractivity contribution is -0.146. The lowest BCUT2D eigenvalue weighted by atomic mass is 9.77. The number of hydrogen-bond donors (Lipinski definition) is 2. The number of sulfonamides is 1. The van der Waals surface area contributed by atoms with Crippen LogP contribution in [0.15, 0.2) is 30.3 Å². The molecule has 1 fully saturated rings. The Balaban J connectivity index is 2.18. The maximum Gasteiger partial charge on any atom is 0.324 e. The van der Waals surface area contributed by atoms with Gasteiger partial charge in [0.2, 0.25) is 10.0 Å². The maximum atomic E-state index is 12.3. The van der Waals surface area contributed by atoms with E-state index in [9.17, 15) is 18.3 Å². The number of benzene rings is 1. The van der Waals surface area contributed by atoms with Gasteiger partial charge in [-0.25, -0.2) is 8.42 Å². The smallest absolute Gasteiger partial charge is 0.324 e. The first-order valence-electron chi connectivity index (χ1n) is 7.12. The van der Waals surface area contributed by atoms with Crippen molar-refractivity contribution in [1.82, 2.24) is 4.72 Å². The quantitative estimate of drug-likeness (QED) is 0.872. The summed E-state index contributed by atoms with van der Waals surface area (Å²) in [4.78, 5) is 11.6. The van der Waals surface area contributed by atoms with Crippen LogP contribution in [0.4, 0.5) is 0 Å². The van der Waals surface area contributed by atoms with Gasteiger partial charge in [0.25, 0.3) is 0 Å². The Morgan fingerprint density at radius 1 is 1.38 bits per heavy atom. The Morgan fingerprint density at radius 2 is 2.05 bits per heavy atom. The summed E-state index contributed by atoms with van der Waals surface area (Å²) < 4.78 is 27.1. The van der Waals surface area contributed by atoms with E-state index in [2.05, 4.69) is 4.72 Å². The molecule has 0 heterocycles. The van der Waals surface area contributed by atoms with Crippen LogP contribution in [0.3, 0.4) is 0 Å². The largest absolute Gasteiger partial charge is 0.480 e. The Bertz CT molecular complexity index is 599. The number of hydrogen-bond acceptors (Lipinski definition) is 3. The predicted octanol–water partition coefficient (Wildman–Crippen LogP) is 2.14. The van der Waals surface area contributed by atoms with E-state index in [1.807, 2.05) is 13.0 Å². The topological polar surface area (TPSA) is 83.5 Å². The van der Waals surface area contributed by atoms with Gasteiger partial charge >= 0.3 is 5.97 Å². The van der Waals surface area contributed by atoms with Crippen LogP contribution in [0.5, 0.6) is 0 Å². The molecular formula is C15H21NO4S. The molecule has 0 saturated heterocycles. The molecular weight excluding hydrogens is 290 g/mol. The van der Waals surface area contributed by atoms with E-state index in [1.165, 1.54) is 0 Å². The zero-order valence-electron chi connectivity index (χ0n) is 12.1. The Kier molecular flexibility index (Phi) is 4.68. The maximum absolute atomic E-state index is 12.3. The van der Waals surface area contributed by atoms with Gasteiger partial charge in [0.1, 0.15) is 5.54 Å². The van der Waals surface area contributed by atoms with Crippen LogP contribution in [0.25, 0.3) is 0 Å². The molecule has 0 aromatic heterocycles. The molecule has 0 bridgehead atoms. The monoisotopic (exact) mass is 311 g/mol. The van der Waals surface area contributed by atoms with Crippen molar-refractivity contribution in [2.45, 2.75) is 43.9 Å². The number of carboxylic acids is 1. The first-order chi connectivity index (χ1) is 9.83. The third-order valence-corrected chi connectivity index (χ3v) is 5.37. The summed E-state index contributed by atoms with van der Waals surface area (Å²) in [6.07, 6.45) is 2.35. The van der Waals surface area contributed by atoms with Gasteiger partial charge in [-0.3, -0.25) is 4.79 Å². The second kappa shape index (κ2) is 6.15. The second-order valence-electron chi connectivity index (χ2n) is 5.94. The molecule has 1 aromatic carbocycles. The highest BCUT2D eigenvalue weighted by Gasteiger charge is 2.44. The molecule has 2 N–H and O–H groups in total. The van der Waals surface area contributed by atoms with E-state index < -0.39 is 21.5 Å². The van der Waals surface area contributed by atoms with E-state index in [0.717, 1.165) is 12.8 Å². The standard InChI is InChI=1S/C15H21NO4S/c1-12-6-5-9-15(10-12,14(17)18)16-21(19,20)11-13-7-3-2-4-8-13/h2-4,7-8,12,16H,5-6,9-11H2,1H3,(H,17,18). The van der Waals surface area contributed by atoms with Crippen LogP contribution in [-0.4, -0.2) is 25.0 Å². The van der Waals surface area contributed by atoms with Crippen LogP contribution in [0.2, 0.25) is 0 Å². The molecule has 1 aromatic rings. The first kappa shape index (κ1) is 16.0. The summed E-state index contributed by atoms with van der Waals surface area (Å²) in [7, 11) is -3.69. The van der Waals surface area contributed by atoms with Gasteiger partial charge in [0.15, 0.2) is 0 Å². The highest BCUT2D eigenvalue weighted by atomic mass is 32.2. The van der Waals surface area contributed by atoms with E-state index in [0.29, 0.717) is 18.4 Å². The molecule has 2 atom stereocenters. The summed E-state index contributed by atoms with van der Waals surface area (Å²) in [5, 5.41) is 9.51. The van der Waals surface area contributed by atoms with Crippen molar-refractivity contribution in [1.29, 1.82) is 0 Å². The number of carbonyl (C=O) groups is 1. The minimum atomic E-state index is -3.69. The fourth-order valence-corrected chi connectivity index (χ4v) is 4.58. The van der Waals surface area contributed by atoms with E-state index in [1.54, 1.807) is 24.3 Å². The van der Waals surface area contributed by atoms with Crippen LogP contribution < -0.4 is 4.72 Å². The van der Waals surface area contributed by atoms with Gasteiger partial charge in [-0.2, -0.15) is 4.72 Å². The van der Waals surface area contributed by atoms with Gasteiger partial charge in [0, 0.05) is 0 Å². The number of rotatable bonds is 5. The molecule has 21 heavy (non-hydrogen) atoms. The van der Waals surface area contributed by atoms with Crippen molar-refractivity contribution >= 4 is 16.0 Å². The van der Waals surface area contributed by atoms with Crippen molar-refractivity contribution in [2.24, 2.45) is 5.92 Å². The van der Waals surface area contributed by atoms with Gasteiger partial charge in [-0.05, 0) is 24.3 Å². The molecule has 0 aliphatic heterocycles. The van der Waals surface area contributed by atoms with Crippen molar-refractivity contribution in [3.05, 3.63) is 35.9 Å². The van der Waals surface area contributed by atoms with Crippen molar-refractivity contribution in [3.8, 4) is 0 Å². The van der Waals surface area contributed by atoms with E-state index in [-0.39, 0.29) is 11.7 Å². The third kappa shape index (κ3) is 4.04. The number of nitrogens with one attached hydrogen (secondary N) is 1. The van der Waals surface area contributed by atoms with Crippen LogP contribution in [0, 0.1) is 5.92 Å². The zero-order valence-corrected chi connectivity index (χ0v) is 12.9. The third-order valence-electron chi connectivity index (χ3n) is 3.96. The number of aliphatic carboxylic acids is 1. The van der Waals surface area contributed by atoms with Crippen LogP contribution in [-0.2, 0) is 20.6 Å². The van der Waals surface area contributed by atoms with Crippen molar-refractivity contribution < 1.29 is 18.3 Å². The molecule has 1 aliphatic rings. The summed E-state index contributed by atoms with van der Waals surface area (Å²) in [6, 6.07) is 8.78. The normalized spacial score (nSPS) is 26.4. The molecule has 2 unspecified atom stereocenters. The van der Waals surface area contributed by atoms with Crippen LogP contribution >= 0.6 is 0 Å². The first-order valence-corrected chi connectivity index (χ1v) is 8.77. The van der Waals surface area contributed by atoms with E-state index in [4.69, 9.17) is 0 Å². The second-order valence-corrected chi connectivity index (χ2v) is 7.66. The molecule has 116 valence electrons. The van der Waals surface area contributed by atoms with Gasteiger partial charge in [-0.15, -0.1) is 0 Å². The highest BCUT2D eigenvalue weighted by molar-refractivity contribution is 7.88. The molecule has 1 saturated carbocycles. The predicted molar refractivity (Wildman–Crippen MR) is 80.2 cm³/mol. The minimum Gasteiger partial charge on any atom is -0.480 e. The SMILES string of the molecule is CC1CCCC(NS(=O)(=O)Cc2ccccc2)(C(=O)O)C1. The molecule has 2 rings (SSSR count). The average Bonchev–Trinajstić information content (AvgIpc) is 2.38. The summed E-state index contributed by atoms with van der Waals surface area (Å²) >= 11 is 0. The molecule has 1 aliphatic carbocycles. The Labute approximate surface area is 125 Å². The lowest BCUT2D eigenvalue weighted by Crippen LogP contribution is -2.56. The lowest BCUT2D eigenvalue weighted by Gasteiger charge is -2.36. The zero-order chi connectivity index (χ0) is 15.5. The van der Waals surface area contributed by atoms with Gasteiger partial charge in [-0.1, -0.05) is 50.1 Å². The highest BCUT2D eigenvalue weighted by Crippen LogP contribution is 2.33. The van der Waals surface area contributed by atoms with Gasteiger partial charge in [0.05, 0.1) is 5.75 Å². The molecule has 6 heteroatoms. The molecule has 0 amide bonds. The molecule has 0 radical (unpaired) electrons. The van der Waals surface area contributed by atoms with Crippen molar-refractivity contribution in [2.75, 3.05) is 0 Å². The average molecular weight is 311 g/mol.